The predicted molar refractivity (Wildman–Crippen MR) is 224 cm³/mol. The molecule has 16 nitrogen and oxygen atoms in total. The fourth-order valence-electron chi connectivity index (χ4n) is 6.29. The number of aryl methyl sites for hydroxylation is 2. The minimum atomic E-state index is 0. The molecule has 8 rings (SSSR count). The third-order valence-electron chi connectivity index (χ3n) is 8.81. The third-order valence-corrected chi connectivity index (χ3v) is 8.81. The van der Waals surface area contributed by atoms with Crippen molar-refractivity contribution < 1.29 is 8.83 Å². The average Bonchev–Trinajstić information content (AvgIpc) is 4.00. The van der Waals surface area contributed by atoms with Crippen LogP contribution in [0.5, 0.6) is 0 Å². The van der Waals surface area contributed by atoms with Crippen LogP contribution in [-0.4, -0.2) is 73.7 Å². The normalized spacial score (nSPS) is 12.2. The van der Waals surface area contributed by atoms with Crippen molar-refractivity contribution in [3.63, 3.8) is 0 Å². The lowest BCUT2D eigenvalue weighted by molar-refractivity contribution is 0.483. The number of halogens is 2. The van der Waals surface area contributed by atoms with Gasteiger partial charge in [-0.1, -0.05) is 10.4 Å². The Morgan fingerprint density at radius 1 is 0.649 bits per heavy atom. The highest BCUT2D eigenvalue weighted by molar-refractivity contribution is 6.01. The molecule has 0 radical (unpaired) electrons. The van der Waals surface area contributed by atoms with E-state index < -0.39 is 0 Å². The van der Waals surface area contributed by atoms with Gasteiger partial charge in [-0.05, 0) is 108 Å². The molecule has 0 bridgehead atoms. The van der Waals surface area contributed by atoms with Gasteiger partial charge in [0, 0.05) is 35.6 Å². The predicted octanol–water partition coefficient (Wildman–Crippen LogP) is 6.49. The Bertz CT molecular complexity index is 2480. The number of hydrogen-bond donors (Lipinski definition) is 4. The van der Waals surface area contributed by atoms with Gasteiger partial charge in [-0.3, -0.25) is 9.98 Å². The number of fused-ring (bicyclic) bond motifs is 2. The Labute approximate surface area is 340 Å². The van der Waals surface area contributed by atoms with Crippen LogP contribution in [0.15, 0.2) is 91.9 Å². The standard InChI is InChI=1S/C39H42N14O2.2ClH/c1-22(2)42-36(40)24-8-12-30-32(16-24)46-38(44-30)34-14-10-28(54-34)20-52-18-26(48-50-52)6-5-7-27-19-53(51-49-27)21-29-11-15-35(55-29)39-45-31-13-9-25(17-33(31)47-39)37(41)43-23(3)4;;/h8-19,22-23H,5-7,20-21H2,1-4H3,(H2,40,42)(H2,41,43)(H,44,46)(H,45,47);2*1H. The summed E-state index contributed by atoms with van der Waals surface area (Å²) in [5.41, 5.74) is 19.2. The van der Waals surface area contributed by atoms with Gasteiger partial charge in [-0.25, -0.2) is 19.3 Å². The number of nitrogens with one attached hydrogen (secondary N) is 2. The second-order valence-electron chi connectivity index (χ2n) is 14.1. The smallest absolute Gasteiger partial charge is 0.174 e. The minimum absolute atomic E-state index is 0. The lowest BCUT2D eigenvalue weighted by atomic mass is 10.2. The van der Waals surface area contributed by atoms with Crippen LogP contribution in [0.4, 0.5) is 0 Å². The Morgan fingerprint density at radius 3 is 1.51 bits per heavy atom. The maximum atomic E-state index is 6.17. The first kappa shape index (κ1) is 40.4. The van der Waals surface area contributed by atoms with Gasteiger partial charge in [0.05, 0.1) is 33.5 Å². The molecule has 0 aliphatic carbocycles. The fourth-order valence-corrected chi connectivity index (χ4v) is 6.29. The summed E-state index contributed by atoms with van der Waals surface area (Å²) in [6.45, 7) is 8.87. The summed E-state index contributed by atoms with van der Waals surface area (Å²) in [5, 5.41) is 17.3. The van der Waals surface area contributed by atoms with Crippen LogP contribution in [0.1, 0.15) is 68.2 Å². The number of amidine groups is 2. The van der Waals surface area contributed by atoms with Gasteiger partial charge in [-0.2, -0.15) is 0 Å². The molecule has 0 aliphatic heterocycles. The van der Waals surface area contributed by atoms with Crippen molar-refractivity contribution >= 4 is 58.6 Å². The molecule has 6 N–H and O–H groups in total. The Hall–Kier alpha value is -6.26. The van der Waals surface area contributed by atoms with Gasteiger partial charge < -0.3 is 30.3 Å². The first-order chi connectivity index (χ1) is 26.6. The topological polar surface area (TPSA) is 222 Å². The van der Waals surface area contributed by atoms with E-state index in [0.29, 0.717) is 47.9 Å². The minimum Gasteiger partial charge on any atom is -0.456 e. The second kappa shape index (κ2) is 17.3. The van der Waals surface area contributed by atoms with Crippen molar-refractivity contribution in [2.75, 3.05) is 0 Å². The molecule has 8 aromatic rings. The van der Waals surface area contributed by atoms with Crippen molar-refractivity contribution in [1.82, 2.24) is 49.9 Å². The number of nitrogens with zero attached hydrogens (tertiary/aromatic N) is 10. The molecule has 6 heterocycles. The van der Waals surface area contributed by atoms with Crippen molar-refractivity contribution in [2.24, 2.45) is 21.5 Å². The van der Waals surface area contributed by atoms with Crippen molar-refractivity contribution in [2.45, 2.75) is 72.1 Å². The highest BCUT2D eigenvalue weighted by Gasteiger charge is 2.15. The van der Waals surface area contributed by atoms with Crippen LogP contribution in [0, 0.1) is 0 Å². The number of imidazole rings is 2. The molecule has 57 heavy (non-hydrogen) atoms. The van der Waals surface area contributed by atoms with E-state index in [1.54, 1.807) is 9.36 Å². The first-order valence-electron chi connectivity index (χ1n) is 18.2. The Morgan fingerprint density at radius 2 is 1.09 bits per heavy atom. The number of aromatic amines is 2. The highest BCUT2D eigenvalue weighted by Crippen LogP contribution is 2.25. The molecular weight excluding hydrogens is 767 g/mol. The third kappa shape index (κ3) is 9.41. The van der Waals surface area contributed by atoms with E-state index in [4.69, 9.17) is 30.3 Å². The van der Waals surface area contributed by atoms with Gasteiger partial charge in [0.1, 0.15) is 36.3 Å². The second-order valence-corrected chi connectivity index (χ2v) is 14.1. The van der Waals surface area contributed by atoms with E-state index in [9.17, 15) is 0 Å². The SMILES string of the molecule is CC(C)N=C(N)c1ccc2nc(-c3ccc(Cn4cc(CCCc5cn(Cc6ccc(-c7nc8ccc(C(N)=NC(C)C)cc8[nH]7)o6)nn5)nn4)o3)[nH]c2c1.Cl.Cl. The molecule has 296 valence electrons. The van der Waals surface area contributed by atoms with E-state index >= 15 is 0 Å². The zero-order valence-electron chi connectivity index (χ0n) is 31.9. The van der Waals surface area contributed by atoms with E-state index in [2.05, 4.69) is 40.6 Å². The molecular formula is C39H44Cl2N14O2. The van der Waals surface area contributed by atoms with E-state index in [1.165, 1.54) is 0 Å². The molecule has 0 aliphatic rings. The fraction of sp³-hybridized carbons (Fsp3) is 0.282. The zero-order chi connectivity index (χ0) is 38.1. The van der Waals surface area contributed by atoms with Crippen molar-refractivity contribution in [3.05, 3.63) is 107 Å². The number of hydrogen-bond acceptors (Lipinski definition) is 10. The first-order valence-corrected chi connectivity index (χ1v) is 18.2. The van der Waals surface area contributed by atoms with E-state index in [1.807, 2.05) is 101 Å². The van der Waals surface area contributed by atoms with Gasteiger partial charge in [0.15, 0.2) is 23.2 Å². The summed E-state index contributed by atoms with van der Waals surface area (Å²) in [7, 11) is 0. The Balaban J connectivity index is 0.00000275. The maximum absolute atomic E-state index is 6.17. The number of H-pyrrole nitrogens is 2. The molecule has 6 aromatic heterocycles. The van der Waals surface area contributed by atoms with Gasteiger partial charge in [0.2, 0.25) is 0 Å². The molecule has 0 spiro atoms. The number of nitrogens with two attached hydrogens (primary N) is 2. The molecule has 0 saturated heterocycles. The molecule has 0 amide bonds. The van der Waals surface area contributed by atoms with E-state index in [-0.39, 0.29) is 36.9 Å². The molecule has 0 fully saturated rings. The molecule has 0 unspecified atom stereocenters. The van der Waals surface area contributed by atoms with Crippen LogP contribution in [0.25, 0.3) is 45.2 Å². The summed E-state index contributed by atoms with van der Waals surface area (Å²) < 4.78 is 15.8. The van der Waals surface area contributed by atoms with Gasteiger partial charge in [0.25, 0.3) is 0 Å². The molecule has 0 saturated carbocycles. The number of aromatic nitrogens is 10. The average molecular weight is 812 g/mol. The van der Waals surface area contributed by atoms with Crippen LogP contribution in [0.2, 0.25) is 0 Å². The van der Waals surface area contributed by atoms with E-state index in [0.717, 1.165) is 75.4 Å². The summed E-state index contributed by atoms with van der Waals surface area (Å²) >= 11 is 0. The number of furan rings is 2. The van der Waals surface area contributed by atoms with Crippen LogP contribution < -0.4 is 11.5 Å². The maximum Gasteiger partial charge on any atom is 0.174 e. The highest BCUT2D eigenvalue weighted by atomic mass is 35.5. The summed E-state index contributed by atoms with van der Waals surface area (Å²) in [4.78, 5) is 24.9. The van der Waals surface area contributed by atoms with Crippen LogP contribution in [-0.2, 0) is 25.9 Å². The number of benzene rings is 2. The summed E-state index contributed by atoms with van der Waals surface area (Å²) in [6, 6.07) is 19.5. The number of rotatable bonds is 14. The molecule has 0 atom stereocenters. The lowest BCUT2D eigenvalue weighted by Gasteiger charge is -2.03. The number of aliphatic imine (C=N–C) groups is 2. The summed E-state index contributed by atoms with van der Waals surface area (Å²) in [6.07, 6.45) is 6.23. The van der Waals surface area contributed by atoms with Crippen molar-refractivity contribution in [1.29, 1.82) is 0 Å². The van der Waals surface area contributed by atoms with Gasteiger partial charge >= 0.3 is 0 Å². The molecule has 2 aromatic carbocycles. The Kier molecular flexibility index (Phi) is 12.2. The largest absolute Gasteiger partial charge is 0.456 e. The molecule has 18 heteroatoms. The lowest BCUT2D eigenvalue weighted by Crippen LogP contribution is -2.15. The quantitative estimate of drug-likeness (QED) is 0.0691. The van der Waals surface area contributed by atoms with Gasteiger partial charge in [-0.15, -0.1) is 35.0 Å². The zero-order valence-corrected chi connectivity index (χ0v) is 33.5. The monoisotopic (exact) mass is 810 g/mol. The van der Waals surface area contributed by atoms with Crippen LogP contribution >= 0.6 is 24.8 Å². The summed E-state index contributed by atoms with van der Waals surface area (Å²) in [5.74, 6) is 5.03. The van der Waals surface area contributed by atoms with Crippen molar-refractivity contribution in [3.8, 4) is 23.2 Å². The van der Waals surface area contributed by atoms with Crippen LogP contribution in [0.3, 0.4) is 0 Å².